The van der Waals surface area contributed by atoms with Crippen LogP contribution in [-0.4, -0.2) is 9.78 Å². The van der Waals surface area contributed by atoms with Gasteiger partial charge in [0.05, 0.1) is 21.0 Å². The lowest BCUT2D eigenvalue weighted by Gasteiger charge is -2.09. The average Bonchev–Trinajstić information content (AvgIpc) is 2.59. The minimum atomic E-state index is -4.37. The maximum atomic E-state index is 12.5. The summed E-state index contributed by atoms with van der Waals surface area (Å²) in [5, 5.41) is 3.93. The smallest absolute Gasteiger partial charge is 0.383 e. The Morgan fingerprint density at radius 3 is 2.53 bits per heavy atom. The zero-order valence-corrected chi connectivity index (χ0v) is 10.5. The van der Waals surface area contributed by atoms with Crippen LogP contribution >= 0.6 is 22.6 Å². The molecule has 0 amide bonds. The first-order chi connectivity index (χ1) is 7.89. The number of hydrogen-bond acceptors (Lipinski definition) is 2. The van der Waals surface area contributed by atoms with E-state index in [1.165, 1.54) is 23.0 Å². The average molecular weight is 353 g/mol. The molecule has 0 saturated carbocycles. The van der Waals surface area contributed by atoms with Gasteiger partial charge in [-0.15, -0.1) is 0 Å². The monoisotopic (exact) mass is 353 g/mol. The van der Waals surface area contributed by atoms with Crippen LogP contribution in [0.2, 0.25) is 0 Å². The van der Waals surface area contributed by atoms with Crippen molar-refractivity contribution in [1.82, 2.24) is 9.78 Å². The summed E-state index contributed by atoms with van der Waals surface area (Å²) in [5.41, 5.74) is 5.28. The fraction of sp³-hybridized carbons (Fsp3) is 0.100. The lowest BCUT2D eigenvalue weighted by molar-refractivity contribution is -0.137. The van der Waals surface area contributed by atoms with E-state index in [9.17, 15) is 13.2 Å². The van der Waals surface area contributed by atoms with E-state index in [1.54, 1.807) is 0 Å². The standard InChI is InChI=1S/C10H7F3IN3/c11-10(12,13)6-2-1-3-7(4-6)17-9(15)8(14)5-16-17/h1-5H,15H2. The topological polar surface area (TPSA) is 43.8 Å². The summed E-state index contributed by atoms with van der Waals surface area (Å²) in [6.45, 7) is 0. The third-order valence-electron chi connectivity index (χ3n) is 2.18. The predicted octanol–water partition coefficient (Wildman–Crippen LogP) is 3.08. The van der Waals surface area contributed by atoms with Crippen LogP contribution in [0.25, 0.3) is 5.69 Å². The van der Waals surface area contributed by atoms with Gasteiger partial charge >= 0.3 is 6.18 Å². The molecule has 0 aliphatic carbocycles. The molecule has 0 bridgehead atoms. The highest BCUT2D eigenvalue weighted by Crippen LogP contribution is 2.30. The van der Waals surface area contributed by atoms with Gasteiger partial charge in [-0.3, -0.25) is 0 Å². The first-order valence-electron chi connectivity index (χ1n) is 4.56. The fourth-order valence-corrected chi connectivity index (χ4v) is 1.71. The number of aromatic nitrogens is 2. The zero-order chi connectivity index (χ0) is 12.6. The number of hydrogen-bond donors (Lipinski definition) is 1. The second kappa shape index (κ2) is 4.21. The molecule has 0 fully saturated rings. The zero-order valence-electron chi connectivity index (χ0n) is 8.37. The molecule has 0 radical (unpaired) electrons. The van der Waals surface area contributed by atoms with Crippen LogP contribution in [0.5, 0.6) is 0 Å². The molecule has 1 aromatic heterocycles. The van der Waals surface area contributed by atoms with Gasteiger partial charge in [-0.1, -0.05) is 6.07 Å². The molecular weight excluding hydrogens is 346 g/mol. The molecule has 0 unspecified atom stereocenters. The lowest BCUT2D eigenvalue weighted by atomic mass is 10.2. The summed E-state index contributed by atoms with van der Waals surface area (Å²) in [7, 11) is 0. The maximum absolute atomic E-state index is 12.5. The fourth-order valence-electron chi connectivity index (χ4n) is 1.36. The van der Waals surface area contributed by atoms with Crippen LogP contribution in [-0.2, 0) is 6.18 Å². The number of nitrogens with zero attached hydrogens (tertiary/aromatic N) is 2. The highest BCUT2D eigenvalue weighted by molar-refractivity contribution is 14.1. The number of alkyl halides is 3. The summed E-state index contributed by atoms with van der Waals surface area (Å²) in [5.74, 6) is 0.324. The third-order valence-corrected chi connectivity index (χ3v) is 3.01. The summed E-state index contributed by atoms with van der Waals surface area (Å²) in [6.07, 6.45) is -2.87. The Morgan fingerprint density at radius 2 is 2.00 bits per heavy atom. The van der Waals surface area contributed by atoms with Gasteiger partial charge in [0.15, 0.2) is 0 Å². The van der Waals surface area contributed by atoms with Crippen molar-refractivity contribution in [3.8, 4) is 5.69 Å². The molecule has 0 aliphatic rings. The molecule has 7 heteroatoms. The molecule has 2 rings (SSSR count). The van der Waals surface area contributed by atoms with E-state index in [4.69, 9.17) is 5.73 Å². The van der Waals surface area contributed by atoms with Crippen molar-refractivity contribution < 1.29 is 13.2 Å². The molecular formula is C10H7F3IN3. The van der Waals surface area contributed by atoms with Gasteiger partial charge in [-0.05, 0) is 40.8 Å². The van der Waals surface area contributed by atoms with Crippen molar-refractivity contribution in [2.45, 2.75) is 6.18 Å². The summed E-state index contributed by atoms with van der Waals surface area (Å²) >= 11 is 1.97. The number of anilines is 1. The van der Waals surface area contributed by atoms with Gasteiger partial charge < -0.3 is 5.73 Å². The van der Waals surface area contributed by atoms with Crippen molar-refractivity contribution in [3.63, 3.8) is 0 Å². The van der Waals surface area contributed by atoms with Crippen molar-refractivity contribution >= 4 is 28.4 Å². The van der Waals surface area contributed by atoms with Crippen LogP contribution in [0.15, 0.2) is 30.5 Å². The van der Waals surface area contributed by atoms with Crippen molar-refractivity contribution in [2.24, 2.45) is 0 Å². The number of benzene rings is 1. The van der Waals surface area contributed by atoms with Crippen molar-refractivity contribution in [2.75, 3.05) is 5.73 Å². The predicted molar refractivity (Wildman–Crippen MR) is 65.7 cm³/mol. The van der Waals surface area contributed by atoms with E-state index < -0.39 is 11.7 Å². The van der Waals surface area contributed by atoms with E-state index in [1.807, 2.05) is 22.6 Å². The molecule has 1 aromatic carbocycles. The van der Waals surface area contributed by atoms with Gasteiger partial charge in [-0.2, -0.15) is 18.3 Å². The van der Waals surface area contributed by atoms with E-state index in [-0.39, 0.29) is 0 Å². The number of nitrogens with two attached hydrogens (primary N) is 1. The van der Waals surface area contributed by atoms with Crippen LogP contribution in [0.3, 0.4) is 0 Å². The lowest BCUT2D eigenvalue weighted by Crippen LogP contribution is -2.07. The number of nitrogen functional groups attached to an aromatic ring is 1. The van der Waals surface area contributed by atoms with Gasteiger partial charge in [-0.25, -0.2) is 4.68 Å². The Labute approximate surface area is 109 Å². The van der Waals surface area contributed by atoms with E-state index >= 15 is 0 Å². The highest BCUT2D eigenvalue weighted by Gasteiger charge is 2.30. The summed E-state index contributed by atoms with van der Waals surface area (Å²) < 4.78 is 39.6. The normalized spacial score (nSPS) is 11.8. The largest absolute Gasteiger partial charge is 0.416 e. The molecule has 0 saturated heterocycles. The molecule has 2 N–H and O–H groups in total. The molecule has 17 heavy (non-hydrogen) atoms. The van der Waals surface area contributed by atoms with Crippen LogP contribution in [0.4, 0.5) is 19.0 Å². The first-order valence-corrected chi connectivity index (χ1v) is 5.64. The maximum Gasteiger partial charge on any atom is 0.416 e. The van der Waals surface area contributed by atoms with E-state index in [0.29, 0.717) is 15.1 Å². The highest BCUT2D eigenvalue weighted by atomic mass is 127. The first kappa shape index (κ1) is 12.2. The summed E-state index contributed by atoms with van der Waals surface area (Å²) in [6, 6.07) is 4.87. The van der Waals surface area contributed by atoms with E-state index in [2.05, 4.69) is 5.10 Å². The minimum absolute atomic E-state index is 0.292. The van der Waals surface area contributed by atoms with Crippen LogP contribution < -0.4 is 5.73 Å². The molecule has 90 valence electrons. The molecule has 2 aromatic rings. The van der Waals surface area contributed by atoms with Crippen molar-refractivity contribution in [3.05, 3.63) is 39.6 Å². The van der Waals surface area contributed by atoms with Gasteiger partial charge in [0, 0.05) is 0 Å². The summed E-state index contributed by atoms with van der Waals surface area (Å²) in [4.78, 5) is 0. The van der Waals surface area contributed by atoms with Gasteiger partial charge in [0.1, 0.15) is 5.82 Å². The number of rotatable bonds is 1. The third kappa shape index (κ3) is 2.38. The Balaban J connectivity index is 2.51. The SMILES string of the molecule is Nc1c(I)cnn1-c1cccc(C(F)(F)F)c1. The minimum Gasteiger partial charge on any atom is -0.383 e. The van der Waals surface area contributed by atoms with Crippen LogP contribution in [0.1, 0.15) is 5.56 Å². The Bertz CT molecular complexity index is 548. The molecule has 0 aliphatic heterocycles. The second-order valence-corrected chi connectivity index (χ2v) is 4.50. The number of halogens is 4. The van der Waals surface area contributed by atoms with Gasteiger partial charge in [0.2, 0.25) is 0 Å². The Hall–Kier alpha value is -1.25. The van der Waals surface area contributed by atoms with Crippen molar-refractivity contribution in [1.29, 1.82) is 0 Å². The van der Waals surface area contributed by atoms with Gasteiger partial charge in [0.25, 0.3) is 0 Å². The molecule has 0 atom stereocenters. The van der Waals surface area contributed by atoms with Crippen LogP contribution in [0, 0.1) is 3.57 Å². The quantitative estimate of drug-likeness (QED) is 0.801. The second-order valence-electron chi connectivity index (χ2n) is 3.34. The van der Waals surface area contributed by atoms with E-state index in [0.717, 1.165) is 12.1 Å². The Morgan fingerprint density at radius 1 is 1.29 bits per heavy atom. The molecule has 0 spiro atoms. The molecule has 3 nitrogen and oxygen atoms in total. The molecule has 1 heterocycles. The Kier molecular flexibility index (Phi) is 3.02.